The van der Waals surface area contributed by atoms with Crippen molar-refractivity contribution in [3.63, 3.8) is 0 Å². The van der Waals surface area contributed by atoms with Crippen LogP contribution in [0.15, 0.2) is 18.2 Å². The third kappa shape index (κ3) is 2.25. The smallest absolute Gasteiger partial charge is 0.398 e. The van der Waals surface area contributed by atoms with Gasteiger partial charge in [0.05, 0.1) is 0 Å². The van der Waals surface area contributed by atoms with Crippen LogP contribution in [0.4, 0.5) is 5.69 Å². The summed E-state index contributed by atoms with van der Waals surface area (Å²) in [5.41, 5.74) is 6.35. The molecule has 21 heavy (non-hydrogen) atoms. The van der Waals surface area contributed by atoms with Crippen LogP contribution < -0.4 is 29.9 Å². The molecule has 0 aromatic heterocycles. The zero-order valence-corrected chi connectivity index (χ0v) is 11.8. The first-order valence-corrected chi connectivity index (χ1v) is 6.32. The molecule has 1 aromatic rings. The van der Waals surface area contributed by atoms with Crippen molar-refractivity contribution in [3.8, 4) is 0 Å². The van der Waals surface area contributed by atoms with Crippen LogP contribution in [0.1, 0.15) is 28.8 Å². The van der Waals surface area contributed by atoms with E-state index in [4.69, 9.17) is 5.73 Å². The maximum Gasteiger partial charge on any atom is 1.00 e. The van der Waals surface area contributed by atoms with Crippen molar-refractivity contribution < 1.29 is 33.2 Å². The number of hydrogen-bond acceptors (Lipinski definition) is 4. The van der Waals surface area contributed by atoms with Gasteiger partial charge in [0.15, 0.2) is 0 Å². The molecule has 1 saturated heterocycles. The Hall–Kier alpha value is -1.77. The van der Waals surface area contributed by atoms with Crippen LogP contribution in [0.25, 0.3) is 0 Å². The van der Waals surface area contributed by atoms with Crippen molar-refractivity contribution in [2.24, 2.45) is 0 Å². The fourth-order valence-electron chi connectivity index (χ4n) is 2.70. The molecule has 2 heterocycles. The minimum atomic E-state index is -1.25. The van der Waals surface area contributed by atoms with Crippen LogP contribution in [-0.4, -0.2) is 28.2 Å². The molecule has 0 bridgehead atoms. The SMILES string of the molecule is [CH2-][C@]1(N2Cc3c(N)cccc3C2=O)CCC(=O)NC1=O.[Li+]. The van der Waals surface area contributed by atoms with E-state index in [-0.39, 0.29) is 50.1 Å². The third-order valence-corrected chi connectivity index (χ3v) is 3.96. The number of fused-ring (bicyclic) bond motifs is 1. The molecule has 0 unspecified atom stereocenters. The number of carbonyl (C=O) groups excluding carboxylic acids is 3. The quantitative estimate of drug-likeness (QED) is 0.252. The van der Waals surface area contributed by atoms with E-state index >= 15 is 0 Å². The van der Waals surface area contributed by atoms with Gasteiger partial charge in [-0.25, -0.2) is 0 Å². The predicted molar refractivity (Wildman–Crippen MR) is 71.2 cm³/mol. The first-order valence-electron chi connectivity index (χ1n) is 6.32. The van der Waals surface area contributed by atoms with Gasteiger partial charge in [0.25, 0.3) is 5.91 Å². The van der Waals surface area contributed by atoms with Gasteiger partial charge in [-0.05, 0) is 24.1 Å². The summed E-state index contributed by atoms with van der Waals surface area (Å²) in [6.07, 6.45) is 0.391. The fourth-order valence-corrected chi connectivity index (χ4v) is 2.70. The van der Waals surface area contributed by atoms with Crippen molar-refractivity contribution >= 4 is 23.4 Å². The number of carbonyl (C=O) groups is 3. The number of piperidine rings is 1. The molecule has 2 aliphatic rings. The molecule has 2 aliphatic heterocycles. The van der Waals surface area contributed by atoms with E-state index in [1.165, 1.54) is 4.90 Å². The number of rotatable bonds is 1. The molecule has 6 nitrogen and oxygen atoms in total. The van der Waals surface area contributed by atoms with Crippen LogP contribution in [-0.2, 0) is 16.1 Å². The van der Waals surface area contributed by atoms with E-state index in [1.54, 1.807) is 18.2 Å². The number of nitrogens with one attached hydrogen (secondary N) is 1. The molecular weight excluding hydrogens is 265 g/mol. The Labute approximate surface area is 134 Å². The molecule has 1 aromatic carbocycles. The summed E-state index contributed by atoms with van der Waals surface area (Å²) < 4.78 is 0. The number of imide groups is 1. The molecule has 1 atom stereocenters. The van der Waals surface area contributed by atoms with Crippen molar-refractivity contribution in [3.05, 3.63) is 36.2 Å². The Morgan fingerprint density at radius 2 is 2.00 bits per heavy atom. The summed E-state index contributed by atoms with van der Waals surface area (Å²) in [5.74, 6) is -1.14. The van der Waals surface area contributed by atoms with Crippen LogP contribution in [0.2, 0.25) is 0 Å². The van der Waals surface area contributed by atoms with Crippen molar-refractivity contribution in [1.29, 1.82) is 0 Å². The van der Waals surface area contributed by atoms with Gasteiger partial charge in [0, 0.05) is 29.8 Å². The summed E-state index contributed by atoms with van der Waals surface area (Å²) >= 11 is 0. The molecule has 0 spiro atoms. The van der Waals surface area contributed by atoms with Crippen LogP contribution >= 0.6 is 0 Å². The molecule has 3 N–H and O–H groups in total. The Morgan fingerprint density at radius 3 is 2.62 bits per heavy atom. The van der Waals surface area contributed by atoms with Crippen LogP contribution in [0.3, 0.4) is 0 Å². The summed E-state index contributed by atoms with van der Waals surface area (Å²) in [6, 6.07) is 5.11. The molecular formula is C14H14LiN3O3. The van der Waals surface area contributed by atoms with E-state index in [0.717, 1.165) is 0 Å². The van der Waals surface area contributed by atoms with E-state index in [2.05, 4.69) is 12.2 Å². The molecule has 0 radical (unpaired) electrons. The summed E-state index contributed by atoms with van der Waals surface area (Å²) in [4.78, 5) is 37.2. The molecule has 1 fully saturated rings. The largest absolute Gasteiger partial charge is 1.00 e. The second-order valence-corrected chi connectivity index (χ2v) is 5.17. The predicted octanol–water partition coefficient (Wildman–Crippen LogP) is -2.76. The number of nitrogen functional groups attached to an aromatic ring is 1. The second-order valence-electron chi connectivity index (χ2n) is 5.17. The zero-order chi connectivity index (χ0) is 14.5. The fraction of sp³-hybridized carbons (Fsp3) is 0.286. The standard InChI is InChI=1S/C14H14N3O3.Li/c1-14(6-5-11(18)16-13(14)20)17-7-9-8(12(17)19)3-2-4-10(9)15;/h2-4H,1,5-7,15H2,(H,16,18,20);/q-1;+1/t14-;/m0./s1. The maximum absolute atomic E-state index is 12.4. The summed E-state index contributed by atoms with van der Waals surface area (Å²) in [7, 11) is 0. The molecule has 0 saturated carbocycles. The monoisotopic (exact) mass is 279 g/mol. The van der Waals surface area contributed by atoms with Gasteiger partial charge < -0.3 is 17.6 Å². The van der Waals surface area contributed by atoms with Crippen molar-refractivity contribution in [1.82, 2.24) is 10.2 Å². The number of nitrogens with two attached hydrogens (primary N) is 1. The van der Waals surface area contributed by atoms with Gasteiger partial charge in [0.1, 0.15) is 0 Å². The summed E-state index contributed by atoms with van der Waals surface area (Å²) in [6.45, 7) is 4.13. The van der Waals surface area contributed by atoms with Crippen LogP contribution in [0, 0.1) is 6.92 Å². The molecule has 3 amide bonds. The minimum absolute atomic E-state index is 0. The van der Waals surface area contributed by atoms with Gasteiger partial charge in [-0.3, -0.25) is 19.7 Å². The van der Waals surface area contributed by atoms with E-state index in [0.29, 0.717) is 16.8 Å². The van der Waals surface area contributed by atoms with Gasteiger partial charge in [-0.2, -0.15) is 0 Å². The number of anilines is 1. The van der Waals surface area contributed by atoms with Gasteiger partial charge in [-0.15, -0.1) is 0 Å². The number of amides is 3. The number of benzene rings is 1. The second kappa shape index (κ2) is 5.21. The third-order valence-electron chi connectivity index (χ3n) is 3.96. The molecule has 104 valence electrons. The first-order chi connectivity index (χ1) is 9.43. The van der Waals surface area contributed by atoms with Crippen LogP contribution in [0.5, 0.6) is 0 Å². The van der Waals surface area contributed by atoms with Gasteiger partial charge >= 0.3 is 18.9 Å². The number of hydrogen-bond donors (Lipinski definition) is 2. The summed E-state index contributed by atoms with van der Waals surface area (Å²) in [5, 5.41) is 2.24. The molecule has 7 heteroatoms. The van der Waals surface area contributed by atoms with Gasteiger partial charge in [-0.1, -0.05) is 6.07 Å². The normalized spacial score (nSPS) is 24.4. The zero-order valence-electron chi connectivity index (χ0n) is 11.8. The Bertz CT molecular complexity index is 646. The topological polar surface area (TPSA) is 92.5 Å². The Balaban J connectivity index is 0.00000161. The van der Waals surface area contributed by atoms with E-state index in [1.807, 2.05) is 0 Å². The average Bonchev–Trinajstić information content (AvgIpc) is 2.75. The number of nitrogens with zero attached hydrogens (tertiary/aromatic N) is 1. The van der Waals surface area contributed by atoms with E-state index in [9.17, 15) is 14.4 Å². The maximum atomic E-state index is 12.4. The Morgan fingerprint density at radius 1 is 1.29 bits per heavy atom. The van der Waals surface area contributed by atoms with Crippen molar-refractivity contribution in [2.45, 2.75) is 24.9 Å². The van der Waals surface area contributed by atoms with Crippen molar-refractivity contribution in [2.75, 3.05) is 5.73 Å². The average molecular weight is 279 g/mol. The minimum Gasteiger partial charge on any atom is -0.398 e. The first kappa shape index (κ1) is 15.6. The Kier molecular flexibility index (Phi) is 3.87. The molecule has 3 rings (SSSR count). The molecule has 0 aliphatic carbocycles. The van der Waals surface area contributed by atoms with E-state index < -0.39 is 11.4 Å². The van der Waals surface area contributed by atoms with Gasteiger partial charge in [0.2, 0.25) is 11.8 Å².